The third-order valence-corrected chi connectivity index (χ3v) is 4.81. The molecule has 0 unspecified atom stereocenters. The molecule has 14 heavy (non-hydrogen) atoms. The van der Waals surface area contributed by atoms with Crippen LogP contribution in [0, 0.1) is 0 Å². The lowest BCUT2D eigenvalue weighted by molar-refractivity contribution is 0.779. The molecule has 0 fully saturated rings. The number of rotatable bonds is 8. The summed E-state index contributed by atoms with van der Waals surface area (Å²) in [6, 6.07) is 0. The predicted molar refractivity (Wildman–Crippen MR) is 76.6 cm³/mol. The first kappa shape index (κ1) is 14.8. The third kappa shape index (κ3) is 10.9. The highest BCUT2D eigenvalue weighted by Gasteiger charge is 1.98. The molecule has 0 saturated carbocycles. The van der Waals surface area contributed by atoms with Gasteiger partial charge < -0.3 is 0 Å². The smallest absolute Gasteiger partial charge is 0.104 e. The summed E-state index contributed by atoms with van der Waals surface area (Å²) < 4.78 is 1.15. The van der Waals surface area contributed by atoms with Gasteiger partial charge in [0.05, 0.1) is 0 Å². The molecule has 0 atom stereocenters. The average molecular weight is 250 g/mol. The van der Waals surface area contributed by atoms with Gasteiger partial charge in [-0.2, -0.15) is 0 Å². The second kappa shape index (κ2) is 11.9. The topological polar surface area (TPSA) is 0 Å². The predicted octanol–water partition coefficient (Wildman–Crippen LogP) is 5.12. The van der Waals surface area contributed by atoms with Crippen LogP contribution in [0.25, 0.3) is 0 Å². The van der Waals surface area contributed by atoms with Crippen molar-refractivity contribution in [3.8, 4) is 0 Å². The minimum atomic E-state index is 1.15. The molecule has 0 N–H and O–H groups in total. The SMILES string of the molecule is CCCCCSC(=S)SCCCCC. The lowest BCUT2D eigenvalue weighted by Gasteiger charge is -2.02. The van der Waals surface area contributed by atoms with E-state index in [0.29, 0.717) is 0 Å². The van der Waals surface area contributed by atoms with Crippen molar-refractivity contribution in [1.82, 2.24) is 0 Å². The normalized spacial score (nSPS) is 10.4. The van der Waals surface area contributed by atoms with E-state index < -0.39 is 0 Å². The molecule has 0 bridgehead atoms. The molecule has 0 aromatic carbocycles. The van der Waals surface area contributed by atoms with E-state index in [2.05, 4.69) is 13.8 Å². The monoisotopic (exact) mass is 250 g/mol. The fourth-order valence-electron chi connectivity index (χ4n) is 1.06. The van der Waals surface area contributed by atoms with Crippen molar-refractivity contribution in [2.45, 2.75) is 52.4 Å². The molecule has 0 aromatic heterocycles. The molecule has 0 aliphatic carbocycles. The summed E-state index contributed by atoms with van der Waals surface area (Å²) in [6.45, 7) is 4.48. The van der Waals surface area contributed by atoms with Gasteiger partial charge in [0.2, 0.25) is 0 Å². The zero-order valence-electron chi connectivity index (χ0n) is 9.38. The van der Waals surface area contributed by atoms with Gasteiger partial charge in [0, 0.05) is 0 Å². The highest BCUT2D eigenvalue weighted by molar-refractivity contribution is 8.47. The number of unbranched alkanes of at least 4 members (excludes halogenated alkanes) is 4. The second-order valence-electron chi connectivity index (χ2n) is 3.36. The maximum Gasteiger partial charge on any atom is 0.104 e. The fourth-order valence-corrected chi connectivity index (χ4v) is 3.42. The molecule has 0 aliphatic heterocycles. The quantitative estimate of drug-likeness (QED) is 0.433. The van der Waals surface area contributed by atoms with E-state index in [0.717, 1.165) is 3.53 Å². The summed E-state index contributed by atoms with van der Waals surface area (Å²) in [7, 11) is 0. The summed E-state index contributed by atoms with van der Waals surface area (Å²) in [4.78, 5) is 0. The van der Waals surface area contributed by atoms with Crippen LogP contribution in [0.5, 0.6) is 0 Å². The molecule has 0 saturated heterocycles. The van der Waals surface area contributed by atoms with Crippen LogP contribution in [0.4, 0.5) is 0 Å². The Labute approximate surface area is 103 Å². The molecule has 0 aliphatic rings. The van der Waals surface area contributed by atoms with E-state index in [4.69, 9.17) is 12.2 Å². The highest BCUT2D eigenvalue weighted by atomic mass is 32.2. The Morgan fingerprint density at radius 2 is 1.29 bits per heavy atom. The standard InChI is InChI=1S/C11H22S3/c1-3-5-7-9-13-11(12)14-10-8-6-4-2/h3-10H2,1-2H3. The van der Waals surface area contributed by atoms with E-state index in [9.17, 15) is 0 Å². The van der Waals surface area contributed by atoms with Crippen molar-refractivity contribution >= 4 is 39.3 Å². The van der Waals surface area contributed by atoms with Gasteiger partial charge in [-0.3, -0.25) is 0 Å². The van der Waals surface area contributed by atoms with Gasteiger partial charge in [-0.15, -0.1) is 23.5 Å². The van der Waals surface area contributed by atoms with Crippen LogP contribution >= 0.6 is 35.7 Å². The van der Waals surface area contributed by atoms with E-state index in [1.54, 1.807) is 0 Å². The second-order valence-corrected chi connectivity index (χ2v) is 6.75. The van der Waals surface area contributed by atoms with E-state index in [1.165, 1.54) is 50.0 Å². The maximum absolute atomic E-state index is 5.28. The summed E-state index contributed by atoms with van der Waals surface area (Å²) in [5.74, 6) is 2.43. The molecule has 84 valence electrons. The molecule has 0 heterocycles. The van der Waals surface area contributed by atoms with Crippen molar-refractivity contribution in [2.24, 2.45) is 0 Å². The van der Waals surface area contributed by atoms with Crippen molar-refractivity contribution in [3.63, 3.8) is 0 Å². The average Bonchev–Trinajstić information content (AvgIpc) is 2.19. The molecule has 0 spiro atoms. The molecule has 0 rings (SSSR count). The zero-order chi connectivity index (χ0) is 10.6. The third-order valence-electron chi connectivity index (χ3n) is 1.94. The van der Waals surface area contributed by atoms with Crippen LogP contribution in [0.1, 0.15) is 52.4 Å². The van der Waals surface area contributed by atoms with Gasteiger partial charge in [-0.1, -0.05) is 51.7 Å². The van der Waals surface area contributed by atoms with E-state index in [-0.39, 0.29) is 0 Å². The first-order valence-corrected chi connectivity index (χ1v) is 7.98. The lowest BCUT2D eigenvalue weighted by Crippen LogP contribution is -1.88. The Morgan fingerprint density at radius 3 is 1.64 bits per heavy atom. The van der Waals surface area contributed by atoms with Crippen LogP contribution in [0.2, 0.25) is 0 Å². The van der Waals surface area contributed by atoms with Crippen molar-refractivity contribution in [3.05, 3.63) is 0 Å². The molecule has 0 amide bonds. The van der Waals surface area contributed by atoms with Gasteiger partial charge in [0.15, 0.2) is 0 Å². The minimum absolute atomic E-state index is 1.15. The van der Waals surface area contributed by atoms with Gasteiger partial charge in [0.25, 0.3) is 0 Å². The highest BCUT2D eigenvalue weighted by Crippen LogP contribution is 2.20. The Bertz CT molecular complexity index is 120. The van der Waals surface area contributed by atoms with Gasteiger partial charge >= 0.3 is 0 Å². The van der Waals surface area contributed by atoms with Gasteiger partial charge in [-0.05, 0) is 24.3 Å². The molecular formula is C11H22S3. The minimum Gasteiger partial charge on any atom is -0.108 e. The first-order chi connectivity index (χ1) is 6.81. The molecule has 0 radical (unpaired) electrons. The number of hydrogen-bond donors (Lipinski definition) is 0. The molecule has 3 heteroatoms. The summed E-state index contributed by atoms with van der Waals surface area (Å²) in [5, 5.41) is 0. The Hall–Kier alpha value is 0.790. The van der Waals surface area contributed by atoms with E-state index >= 15 is 0 Å². The van der Waals surface area contributed by atoms with Crippen molar-refractivity contribution in [2.75, 3.05) is 11.5 Å². The van der Waals surface area contributed by atoms with Crippen LogP contribution < -0.4 is 0 Å². The van der Waals surface area contributed by atoms with Crippen LogP contribution in [0.15, 0.2) is 0 Å². The van der Waals surface area contributed by atoms with Crippen molar-refractivity contribution in [1.29, 1.82) is 0 Å². The molecular weight excluding hydrogens is 228 g/mol. The summed E-state index contributed by atoms with van der Waals surface area (Å²) >= 11 is 9.02. The summed E-state index contributed by atoms with van der Waals surface area (Å²) in [6.07, 6.45) is 7.92. The number of thioether (sulfide) groups is 2. The van der Waals surface area contributed by atoms with Gasteiger partial charge in [0.1, 0.15) is 3.53 Å². The van der Waals surface area contributed by atoms with E-state index in [1.807, 2.05) is 23.5 Å². The maximum atomic E-state index is 5.28. The van der Waals surface area contributed by atoms with Crippen LogP contribution in [-0.4, -0.2) is 15.0 Å². The summed E-state index contributed by atoms with van der Waals surface area (Å²) in [5.41, 5.74) is 0. The largest absolute Gasteiger partial charge is 0.108 e. The molecule has 0 aromatic rings. The Kier molecular flexibility index (Phi) is 12.5. The van der Waals surface area contributed by atoms with Gasteiger partial charge in [-0.25, -0.2) is 0 Å². The fraction of sp³-hybridized carbons (Fsp3) is 0.909. The Morgan fingerprint density at radius 1 is 0.857 bits per heavy atom. The van der Waals surface area contributed by atoms with Crippen LogP contribution in [-0.2, 0) is 0 Å². The molecule has 0 nitrogen and oxygen atoms in total. The first-order valence-electron chi connectivity index (χ1n) is 5.60. The van der Waals surface area contributed by atoms with Crippen molar-refractivity contribution < 1.29 is 0 Å². The number of hydrogen-bond acceptors (Lipinski definition) is 3. The van der Waals surface area contributed by atoms with Crippen LogP contribution in [0.3, 0.4) is 0 Å². The Balaban J connectivity index is 3.11. The lowest BCUT2D eigenvalue weighted by atomic mass is 10.3. The zero-order valence-corrected chi connectivity index (χ0v) is 11.8. The number of thiocarbonyl (C=S) groups is 1.